The minimum atomic E-state index is -0.508. The number of nitrogens with one attached hydrogen (secondary N) is 1. The molecule has 0 saturated carbocycles. The normalized spacial score (nSPS) is 12.5. The van der Waals surface area contributed by atoms with Gasteiger partial charge in [-0.25, -0.2) is 0 Å². The van der Waals surface area contributed by atoms with Crippen LogP contribution in [-0.4, -0.2) is 21.2 Å². The van der Waals surface area contributed by atoms with Crippen molar-refractivity contribution in [3.05, 3.63) is 78.3 Å². The number of amides is 1. The molecule has 1 unspecified atom stereocenters. The summed E-state index contributed by atoms with van der Waals surface area (Å²) in [4.78, 5) is 17.4. The minimum Gasteiger partial charge on any atom is -0.355 e. The van der Waals surface area contributed by atoms with Crippen LogP contribution in [0.5, 0.6) is 0 Å². The molecule has 0 aliphatic rings. The Balaban J connectivity index is 1.57. The molecule has 0 spiro atoms. The first kappa shape index (κ1) is 19.6. The molecule has 7 nitrogen and oxygen atoms in total. The number of hydrogen-bond donors (Lipinski definition) is 1. The van der Waals surface area contributed by atoms with Crippen molar-refractivity contribution in [2.45, 2.75) is 26.8 Å². The number of rotatable bonds is 5. The Hall–Kier alpha value is -3.74. The zero-order chi connectivity index (χ0) is 21.1. The van der Waals surface area contributed by atoms with E-state index in [1.54, 1.807) is 6.07 Å². The molecule has 0 radical (unpaired) electrons. The molecule has 4 aromatic rings. The van der Waals surface area contributed by atoms with E-state index in [1.165, 1.54) is 0 Å². The maximum absolute atomic E-state index is 12.9. The molecular formula is C23H22N4O3. The van der Waals surface area contributed by atoms with E-state index in [9.17, 15) is 4.79 Å². The average molecular weight is 402 g/mol. The van der Waals surface area contributed by atoms with Gasteiger partial charge in [0.1, 0.15) is 6.04 Å². The van der Waals surface area contributed by atoms with Gasteiger partial charge in [0, 0.05) is 17.2 Å². The van der Waals surface area contributed by atoms with Gasteiger partial charge in [0.2, 0.25) is 11.7 Å². The van der Waals surface area contributed by atoms with Crippen molar-refractivity contribution in [3.63, 3.8) is 0 Å². The van der Waals surface area contributed by atoms with Gasteiger partial charge < -0.3 is 14.4 Å². The predicted molar refractivity (Wildman–Crippen MR) is 111 cm³/mol. The lowest BCUT2D eigenvalue weighted by molar-refractivity contribution is 0.0871. The fourth-order valence-electron chi connectivity index (χ4n) is 3.03. The van der Waals surface area contributed by atoms with Gasteiger partial charge in [-0.15, -0.1) is 0 Å². The second kappa shape index (κ2) is 7.94. The fraction of sp³-hybridized carbons (Fsp3) is 0.217. The molecule has 2 aromatic carbocycles. The first-order chi connectivity index (χ1) is 14.4. The summed E-state index contributed by atoms with van der Waals surface area (Å²) in [6.45, 7) is 5.97. The quantitative estimate of drug-likeness (QED) is 0.510. The molecule has 1 N–H and O–H groups in total. The van der Waals surface area contributed by atoms with Crippen LogP contribution >= 0.6 is 0 Å². The average Bonchev–Trinajstić information content (AvgIpc) is 3.42. The summed E-state index contributed by atoms with van der Waals surface area (Å²) in [6, 6.07) is 20.1. The monoisotopic (exact) mass is 402 g/mol. The van der Waals surface area contributed by atoms with E-state index in [-0.39, 0.29) is 17.0 Å². The minimum absolute atomic E-state index is 0.186. The van der Waals surface area contributed by atoms with Crippen LogP contribution in [0.3, 0.4) is 0 Å². The molecule has 7 heteroatoms. The van der Waals surface area contributed by atoms with E-state index in [0.29, 0.717) is 17.5 Å². The Morgan fingerprint density at radius 1 is 0.900 bits per heavy atom. The Morgan fingerprint density at radius 3 is 2.17 bits per heavy atom. The molecule has 1 atom stereocenters. The first-order valence-electron chi connectivity index (χ1n) is 9.64. The van der Waals surface area contributed by atoms with E-state index >= 15 is 0 Å². The second-order valence-corrected chi connectivity index (χ2v) is 8.04. The van der Waals surface area contributed by atoms with Crippen LogP contribution in [0.15, 0.2) is 75.8 Å². The summed E-state index contributed by atoms with van der Waals surface area (Å²) in [5.74, 6) is 0.959. The number of aromatic nitrogens is 3. The third kappa shape index (κ3) is 4.15. The molecule has 0 aliphatic heterocycles. The summed E-state index contributed by atoms with van der Waals surface area (Å²) >= 11 is 0. The van der Waals surface area contributed by atoms with Gasteiger partial charge in [-0.1, -0.05) is 91.7 Å². The molecule has 4 rings (SSSR count). The predicted octanol–water partition coefficient (Wildman–Crippen LogP) is 4.91. The number of carbonyl (C=O) groups is 1. The van der Waals surface area contributed by atoms with Crippen molar-refractivity contribution in [3.8, 4) is 22.7 Å². The van der Waals surface area contributed by atoms with Crippen LogP contribution in [0.1, 0.15) is 43.2 Å². The van der Waals surface area contributed by atoms with Crippen molar-refractivity contribution < 1.29 is 13.8 Å². The largest absolute Gasteiger partial charge is 0.355 e. The van der Waals surface area contributed by atoms with Crippen LogP contribution in [0.4, 0.5) is 0 Å². The highest BCUT2D eigenvalue weighted by Crippen LogP contribution is 2.33. The highest BCUT2D eigenvalue weighted by molar-refractivity contribution is 5.93. The van der Waals surface area contributed by atoms with Gasteiger partial charge in [-0.2, -0.15) is 4.98 Å². The van der Waals surface area contributed by atoms with E-state index < -0.39 is 6.04 Å². The van der Waals surface area contributed by atoms with E-state index in [0.717, 1.165) is 11.1 Å². The van der Waals surface area contributed by atoms with Crippen molar-refractivity contribution in [1.82, 2.24) is 20.6 Å². The second-order valence-electron chi connectivity index (χ2n) is 8.04. The van der Waals surface area contributed by atoms with Gasteiger partial charge in [0.25, 0.3) is 5.91 Å². The van der Waals surface area contributed by atoms with E-state index in [2.05, 4.69) is 20.6 Å². The lowest BCUT2D eigenvalue weighted by Crippen LogP contribution is -2.37. The van der Waals surface area contributed by atoms with E-state index in [4.69, 9.17) is 9.05 Å². The number of benzene rings is 2. The van der Waals surface area contributed by atoms with Crippen molar-refractivity contribution in [2.75, 3.05) is 0 Å². The Labute approximate surface area is 174 Å². The summed E-state index contributed by atoms with van der Waals surface area (Å²) in [5, 5.41) is 11.0. The molecule has 0 aliphatic carbocycles. The number of hydrogen-bond acceptors (Lipinski definition) is 6. The molecular weight excluding hydrogens is 380 g/mol. The number of nitrogens with zero attached hydrogens (tertiary/aromatic N) is 3. The summed E-state index contributed by atoms with van der Waals surface area (Å²) in [5.41, 5.74) is 1.50. The molecule has 30 heavy (non-hydrogen) atoms. The van der Waals surface area contributed by atoms with Crippen molar-refractivity contribution in [2.24, 2.45) is 5.41 Å². The topological polar surface area (TPSA) is 94.1 Å². The van der Waals surface area contributed by atoms with Crippen LogP contribution in [0, 0.1) is 5.41 Å². The highest BCUT2D eigenvalue weighted by Gasteiger charge is 2.34. The van der Waals surface area contributed by atoms with E-state index in [1.807, 2.05) is 81.4 Å². The van der Waals surface area contributed by atoms with Gasteiger partial charge in [0.05, 0.1) is 0 Å². The lowest BCUT2D eigenvalue weighted by atomic mass is 9.86. The van der Waals surface area contributed by atoms with Crippen LogP contribution < -0.4 is 5.32 Å². The smallest absolute Gasteiger partial charge is 0.274 e. The zero-order valence-corrected chi connectivity index (χ0v) is 17.0. The first-order valence-corrected chi connectivity index (χ1v) is 9.64. The van der Waals surface area contributed by atoms with Crippen LogP contribution in [-0.2, 0) is 0 Å². The molecule has 0 fully saturated rings. The Morgan fingerprint density at radius 2 is 1.53 bits per heavy atom. The van der Waals surface area contributed by atoms with Crippen LogP contribution in [0.25, 0.3) is 22.7 Å². The molecule has 2 aromatic heterocycles. The van der Waals surface area contributed by atoms with Gasteiger partial charge in [0.15, 0.2) is 11.5 Å². The molecule has 2 heterocycles. The Bertz CT molecular complexity index is 1130. The van der Waals surface area contributed by atoms with Gasteiger partial charge >= 0.3 is 0 Å². The fourth-order valence-corrected chi connectivity index (χ4v) is 3.03. The summed E-state index contributed by atoms with van der Waals surface area (Å²) in [7, 11) is 0. The lowest BCUT2D eigenvalue weighted by Gasteiger charge is -2.27. The standard InChI is InChI=1S/C23H22N4O3/c1-23(2,3)19(22-25-20(27-30-22)16-12-8-5-9-13-16)24-21(28)17-14-18(29-26-17)15-10-6-4-7-11-15/h4-14,19H,1-3H3,(H,24,28). The van der Waals surface area contributed by atoms with Gasteiger partial charge in [-0.3, -0.25) is 4.79 Å². The molecule has 0 saturated heterocycles. The summed E-state index contributed by atoms with van der Waals surface area (Å²) in [6.07, 6.45) is 0. The SMILES string of the molecule is CC(C)(C)C(NC(=O)c1cc(-c2ccccc2)on1)c1nc(-c2ccccc2)no1. The zero-order valence-electron chi connectivity index (χ0n) is 17.0. The molecule has 152 valence electrons. The third-order valence-corrected chi connectivity index (χ3v) is 4.66. The van der Waals surface area contributed by atoms with Crippen molar-refractivity contribution in [1.29, 1.82) is 0 Å². The third-order valence-electron chi connectivity index (χ3n) is 4.66. The van der Waals surface area contributed by atoms with Crippen molar-refractivity contribution >= 4 is 5.91 Å². The maximum atomic E-state index is 12.9. The molecule has 1 amide bonds. The number of carbonyl (C=O) groups excluding carboxylic acids is 1. The maximum Gasteiger partial charge on any atom is 0.274 e. The van der Waals surface area contributed by atoms with Gasteiger partial charge in [-0.05, 0) is 5.41 Å². The summed E-state index contributed by atoms with van der Waals surface area (Å²) < 4.78 is 10.8. The molecule has 0 bridgehead atoms. The highest BCUT2D eigenvalue weighted by atomic mass is 16.5. The Kier molecular flexibility index (Phi) is 5.18. The van der Waals surface area contributed by atoms with Crippen LogP contribution in [0.2, 0.25) is 0 Å².